The van der Waals surface area contributed by atoms with Gasteiger partial charge in [0.15, 0.2) is 0 Å². The summed E-state index contributed by atoms with van der Waals surface area (Å²) >= 11 is 0. The molecule has 0 spiro atoms. The fourth-order valence-corrected chi connectivity index (χ4v) is 7.16. The molecule has 5 heterocycles. The third-order valence-electron chi connectivity index (χ3n) is 10.0. The molecule has 8 nitrogen and oxygen atoms in total. The van der Waals surface area contributed by atoms with Crippen LogP contribution in [-0.4, -0.2) is 28.4 Å². The maximum absolute atomic E-state index is 12.6. The van der Waals surface area contributed by atoms with Crippen molar-refractivity contribution in [3.05, 3.63) is 98.6 Å². The van der Waals surface area contributed by atoms with Gasteiger partial charge in [-0.2, -0.15) is 16.0 Å². The van der Waals surface area contributed by atoms with Gasteiger partial charge < -0.3 is 22.5 Å². The summed E-state index contributed by atoms with van der Waals surface area (Å²) in [6.07, 6.45) is 16.6. The van der Waals surface area contributed by atoms with E-state index in [-0.39, 0.29) is 126 Å². The normalized spacial score (nSPS) is 22.1. The number of nitrogens with zero attached hydrogens (tertiary/aromatic N) is 3. The quantitative estimate of drug-likeness (QED) is 0.164. The number of hydrogen-bond donors (Lipinski definition) is 2. The molecular weight excluding hydrogens is 667 g/mol. The summed E-state index contributed by atoms with van der Waals surface area (Å²) < 4.78 is 0. The number of carbonyl (C=O) groups excluding carboxylic acids is 2. The summed E-state index contributed by atoms with van der Waals surface area (Å²) in [6.45, 7) is 19.1. The summed E-state index contributed by atoms with van der Waals surface area (Å²) in [5.41, 5.74) is 13.7. The van der Waals surface area contributed by atoms with E-state index in [4.69, 9.17) is 24.6 Å². The van der Waals surface area contributed by atoms with Crippen LogP contribution in [0.4, 0.5) is 0 Å². The van der Waals surface area contributed by atoms with Crippen LogP contribution in [0.2, 0.25) is 0 Å². The minimum absolute atomic E-state index is 0. The molecule has 10 heteroatoms. The number of rotatable bonds is 9. The molecule has 2 N–H and O–H groups in total. The van der Waals surface area contributed by atoms with Gasteiger partial charge in [-0.25, -0.2) is 15.0 Å². The van der Waals surface area contributed by atoms with Crippen LogP contribution in [0.15, 0.2) is 107 Å². The minimum atomic E-state index is -0.964. The molecule has 2 atom stereocenters. The van der Waals surface area contributed by atoms with E-state index in [0.717, 1.165) is 70.2 Å². The Labute approximate surface area is 377 Å². The number of aliphatic hydroxyl groups excluding tert-OH is 1. The summed E-state index contributed by atoms with van der Waals surface area (Å²) in [7, 11) is 0. The molecule has 0 aromatic rings. The number of allylic oxidation sites excluding steroid dienone is 12. The van der Waals surface area contributed by atoms with E-state index in [0.29, 0.717) is 23.4 Å². The number of nitrogens with one attached hydrogen (secondary N) is 1. The molecule has 5 aliphatic rings. The number of unbranched alkanes of at least 4 members (excludes halogenated alkanes) is 5. The van der Waals surface area contributed by atoms with Gasteiger partial charge in [-0.1, -0.05) is 52.9 Å². The first-order chi connectivity index (χ1) is 22.5. The minimum Gasteiger partial charge on any atom is -0.629 e. The molecule has 0 radical (unpaired) electrons. The Kier molecular flexibility index (Phi) is 18.3. The standard InChI is InChI=1S/C38H49N4O2.CO2.2K/c1-9-12-13-14-15-16-17-28-23(6)29-18-31-22(5)27(11-3)36(41-31)25(8)37-35(38(43)44)24(7)32(42-37)20-33-26(10-2)21(4)30(39-33)19-34(28)40-29;2-1-3;;/h18-20,22,27,41,43-44H,3,9-17H2,1-2,4-8H3;;;/q-1;;2*+1/p-1/t22-,27-;;;/m0.../s1. The van der Waals surface area contributed by atoms with Gasteiger partial charge in [-0.05, 0) is 105 Å². The van der Waals surface area contributed by atoms with Gasteiger partial charge in [-0.3, -0.25) is 0 Å². The smallest absolute Gasteiger partial charge is 0.629 e. The first-order valence-electron chi connectivity index (χ1n) is 16.9. The molecule has 5 aliphatic heterocycles. The third kappa shape index (κ3) is 9.70. The number of fused-ring (bicyclic) bond motifs is 5. The molecule has 0 aromatic heterocycles. The molecule has 1 saturated heterocycles. The van der Waals surface area contributed by atoms with Crippen molar-refractivity contribution in [1.29, 1.82) is 0 Å². The Balaban J connectivity index is 0.00000161. The maximum atomic E-state index is 12.6. The predicted octanol–water partition coefficient (Wildman–Crippen LogP) is 1.99. The second-order valence-electron chi connectivity index (χ2n) is 12.8. The van der Waals surface area contributed by atoms with E-state index in [1.165, 1.54) is 43.3 Å². The van der Waals surface area contributed by atoms with Crippen molar-refractivity contribution in [2.45, 2.75) is 106 Å². The van der Waals surface area contributed by atoms with E-state index in [2.05, 4.69) is 59.0 Å². The molecule has 5 rings (SSSR count). The van der Waals surface area contributed by atoms with Gasteiger partial charge in [0.25, 0.3) is 0 Å². The van der Waals surface area contributed by atoms with Crippen LogP contribution in [0.5, 0.6) is 0 Å². The van der Waals surface area contributed by atoms with Crippen LogP contribution in [-0.2, 0) is 9.59 Å². The van der Waals surface area contributed by atoms with Crippen LogP contribution in [0, 0.1) is 18.8 Å². The Bertz CT molecular complexity index is 1700. The molecule has 0 unspecified atom stereocenters. The Morgan fingerprint density at radius 3 is 2.02 bits per heavy atom. The molecule has 0 saturated carbocycles. The van der Waals surface area contributed by atoms with Crippen molar-refractivity contribution in [1.82, 2.24) is 5.32 Å². The van der Waals surface area contributed by atoms with Gasteiger partial charge in [0.1, 0.15) is 0 Å². The van der Waals surface area contributed by atoms with Crippen molar-refractivity contribution < 1.29 is 123 Å². The predicted molar refractivity (Wildman–Crippen MR) is 186 cm³/mol. The Morgan fingerprint density at radius 1 is 0.857 bits per heavy atom. The van der Waals surface area contributed by atoms with Gasteiger partial charge in [0, 0.05) is 22.9 Å². The SMILES string of the molecule is O=C=O.[CH2-]C[C@@H]1C2=C(C)C3=NC(=C(C)C3=C([O-])O)C=C3N=C(C=C4N=C(C=C(N2)[C@H]1C)C(C)=C4CCCCCCCC)C(C)=C3CC.[K+].[K+]. The number of aliphatic imine (C=N–C) groups is 3. The maximum Gasteiger partial charge on any atom is 1.00 e. The Morgan fingerprint density at radius 2 is 1.43 bits per heavy atom. The summed E-state index contributed by atoms with van der Waals surface area (Å²) in [5, 5.41) is 26.6. The van der Waals surface area contributed by atoms with Gasteiger partial charge in [0.05, 0.1) is 40.2 Å². The van der Waals surface area contributed by atoms with E-state index in [1.54, 1.807) is 0 Å². The number of aliphatic hydroxyl groups is 1. The average Bonchev–Trinajstić information content (AvgIpc) is 3.72. The van der Waals surface area contributed by atoms with Gasteiger partial charge >= 0.3 is 109 Å². The second kappa shape index (κ2) is 20.3. The van der Waals surface area contributed by atoms with Crippen molar-refractivity contribution >= 4 is 23.3 Å². The molecule has 8 bridgehead atoms. The third-order valence-corrected chi connectivity index (χ3v) is 10.0. The van der Waals surface area contributed by atoms with Crippen LogP contribution in [0.1, 0.15) is 106 Å². The molecule has 1 fully saturated rings. The average molecular weight is 715 g/mol. The van der Waals surface area contributed by atoms with Crippen molar-refractivity contribution in [2.75, 3.05) is 0 Å². The van der Waals surface area contributed by atoms with Gasteiger partial charge in [0.2, 0.25) is 0 Å². The Hall–Kier alpha value is -1.02. The summed E-state index contributed by atoms with van der Waals surface area (Å²) in [6, 6.07) is 0. The van der Waals surface area contributed by atoms with E-state index in [9.17, 15) is 10.2 Å². The molecule has 49 heavy (non-hydrogen) atoms. The molecule has 0 aromatic carbocycles. The first-order valence-corrected chi connectivity index (χ1v) is 16.9. The monoisotopic (exact) mass is 714 g/mol. The molecule has 0 amide bonds. The first kappa shape index (κ1) is 44.1. The zero-order chi connectivity index (χ0) is 34.4. The largest absolute Gasteiger partial charge is 1.00 e. The van der Waals surface area contributed by atoms with Gasteiger partial charge in [-0.15, -0.1) is 0 Å². The fraction of sp³-hybridized carbons (Fsp3) is 0.462. The fourth-order valence-electron chi connectivity index (χ4n) is 7.16. The van der Waals surface area contributed by atoms with Crippen LogP contribution in [0.3, 0.4) is 0 Å². The van der Waals surface area contributed by atoms with Crippen molar-refractivity contribution in [2.24, 2.45) is 26.8 Å². The van der Waals surface area contributed by atoms with Crippen LogP contribution >= 0.6 is 0 Å². The van der Waals surface area contributed by atoms with Crippen molar-refractivity contribution in [3.63, 3.8) is 0 Å². The van der Waals surface area contributed by atoms with E-state index >= 15 is 0 Å². The zero-order valence-corrected chi connectivity index (χ0v) is 37.2. The topological polar surface area (TPSA) is 127 Å². The second-order valence-corrected chi connectivity index (χ2v) is 12.8. The number of hydrogen-bond acceptors (Lipinski definition) is 8. The molecule has 250 valence electrons. The van der Waals surface area contributed by atoms with E-state index < -0.39 is 5.95 Å². The molecular formula is C39H48K2N4O4. The summed E-state index contributed by atoms with van der Waals surface area (Å²) in [5.74, 6) is -0.656. The summed E-state index contributed by atoms with van der Waals surface area (Å²) in [4.78, 5) is 31.5. The van der Waals surface area contributed by atoms with Crippen LogP contribution < -0.4 is 113 Å². The molecule has 0 aliphatic carbocycles. The van der Waals surface area contributed by atoms with E-state index in [1.807, 2.05) is 19.9 Å². The van der Waals surface area contributed by atoms with Crippen molar-refractivity contribution in [3.8, 4) is 0 Å². The zero-order valence-electron chi connectivity index (χ0n) is 31.0. The van der Waals surface area contributed by atoms with Crippen LogP contribution in [0.25, 0.3) is 0 Å².